The van der Waals surface area contributed by atoms with E-state index in [-0.39, 0.29) is 12.6 Å². The first-order valence-corrected chi connectivity index (χ1v) is 5.67. The normalized spacial score (nSPS) is 10.6. The van der Waals surface area contributed by atoms with E-state index in [1.54, 1.807) is 12.1 Å². The second kappa shape index (κ2) is 5.10. The number of anilines is 2. The first-order chi connectivity index (χ1) is 8.10. The molecule has 0 saturated carbocycles. The Kier molecular flexibility index (Phi) is 3.73. The predicted molar refractivity (Wildman–Crippen MR) is 66.9 cm³/mol. The van der Waals surface area contributed by atoms with E-state index >= 15 is 0 Å². The third-order valence-electron chi connectivity index (χ3n) is 1.88. The van der Waals surface area contributed by atoms with Crippen LogP contribution in [0.25, 0.3) is 0 Å². The van der Waals surface area contributed by atoms with Gasteiger partial charge in [0.25, 0.3) is 0 Å². The van der Waals surface area contributed by atoms with Gasteiger partial charge in [-0.2, -0.15) is 0 Å². The van der Waals surface area contributed by atoms with E-state index in [0.717, 1.165) is 0 Å². The van der Waals surface area contributed by atoms with E-state index in [2.05, 4.69) is 15.5 Å². The van der Waals surface area contributed by atoms with Crippen molar-refractivity contribution in [3.63, 3.8) is 0 Å². The summed E-state index contributed by atoms with van der Waals surface area (Å²) in [6.07, 6.45) is 0. The highest BCUT2D eigenvalue weighted by Crippen LogP contribution is 2.35. The summed E-state index contributed by atoms with van der Waals surface area (Å²) in [5.41, 5.74) is 5.79. The van der Waals surface area contributed by atoms with E-state index in [9.17, 15) is 0 Å². The summed E-state index contributed by atoms with van der Waals surface area (Å²) in [6.45, 7) is 0.163. The quantitative estimate of drug-likeness (QED) is 0.908. The molecule has 3 N–H and O–H groups in total. The molecule has 0 spiro atoms. The van der Waals surface area contributed by atoms with E-state index in [1.807, 2.05) is 0 Å². The summed E-state index contributed by atoms with van der Waals surface area (Å²) in [6, 6.07) is 3.27. The van der Waals surface area contributed by atoms with Crippen molar-refractivity contribution in [2.45, 2.75) is 6.54 Å². The molecule has 8 heteroatoms. The van der Waals surface area contributed by atoms with Gasteiger partial charge in [-0.15, -0.1) is 5.10 Å². The van der Waals surface area contributed by atoms with Crippen LogP contribution in [0.4, 0.5) is 11.7 Å². The lowest BCUT2D eigenvalue weighted by atomic mass is 10.3. The Bertz CT molecular complexity index is 520. The molecule has 1 aromatic carbocycles. The number of nitrogens with one attached hydrogen (secondary N) is 1. The molecule has 0 atom stereocenters. The molecule has 17 heavy (non-hydrogen) atoms. The number of nitrogens with two attached hydrogens (primary N) is 1. The topological polar surface area (TPSA) is 77.0 Å². The maximum Gasteiger partial charge on any atom is 0.320 e. The summed E-state index contributed by atoms with van der Waals surface area (Å²) in [5, 5.41) is 11.4. The van der Waals surface area contributed by atoms with Crippen LogP contribution in [0.5, 0.6) is 0 Å². The van der Waals surface area contributed by atoms with Gasteiger partial charge in [0.15, 0.2) is 0 Å². The second-order valence-electron chi connectivity index (χ2n) is 3.07. The number of rotatable bonds is 3. The highest BCUT2D eigenvalue weighted by Gasteiger charge is 2.11. The smallest absolute Gasteiger partial charge is 0.320 e. The Morgan fingerprint density at radius 3 is 2.35 bits per heavy atom. The zero-order valence-corrected chi connectivity index (χ0v) is 10.6. The summed E-state index contributed by atoms with van der Waals surface area (Å²) in [5.74, 6) is 0.314. The Hall–Kier alpha value is -1.01. The molecule has 0 aliphatic rings. The van der Waals surface area contributed by atoms with Crippen molar-refractivity contribution >= 4 is 46.5 Å². The van der Waals surface area contributed by atoms with Crippen molar-refractivity contribution in [1.29, 1.82) is 0 Å². The number of hydrogen-bond acceptors (Lipinski definition) is 5. The first kappa shape index (κ1) is 12.4. The van der Waals surface area contributed by atoms with E-state index < -0.39 is 0 Å². The van der Waals surface area contributed by atoms with E-state index in [0.29, 0.717) is 26.6 Å². The first-order valence-electron chi connectivity index (χ1n) is 4.54. The molecule has 0 saturated heterocycles. The molecule has 2 rings (SSSR count). The summed E-state index contributed by atoms with van der Waals surface area (Å²) >= 11 is 17.7. The fourth-order valence-electron chi connectivity index (χ4n) is 1.16. The standard InChI is InChI=1S/C9H7Cl3N4O/c10-4-1-5(11)8(6(12)2-4)14-9-16-15-7(3-13)17-9/h1-2H,3,13H2,(H,14,16). The molecule has 0 aliphatic carbocycles. The maximum absolute atomic E-state index is 5.98. The minimum atomic E-state index is 0.163. The van der Waals surface area contributed by atoms with Gasteiger partial charge in [0.2, 0.25) is 5.89 Å². The lowest BCUT2D eigenvalue weighted by Gasteiger charge is -2.06. The Morgan fingerprint density at radius 1 is 1.18 bits per heavy atom. The van der Waals surface area contributed by atoms with Gasteiger partial charge in [0, 0.05) is 5.02 Å². The molecule has 1 aromatic heterocycles. The number of benzene rings is 1. The summed E-state index contributed by atoms with van der Waals surface area (Å²) in [7, 11) is 0. The second-order valence-corrected chi connectivity index (χ2v) is 4.33. The van der Waals surface area contributed by atoms with Gasteiger partial charge >= 0.3 is 6.01 Å². The van der Waals surface area contributed by atoms with Gasteiger partial charge in [-0.1, -0.05) is 39.9 Å². The van der Waals surface area contributed by atoms with Crippen molar-refractivity contribution < 1.29 is 4.42 Å². The number of aromatic nitrogens is 2. The minimum Gasteiger partial charge on any atom is -0.406 e. The third-order valence-corrected chi connectivity index (χ3v) is 2.69. The number of halogens is 3. The average molecular weight is 294 g/mol. The predicted octanol–water partition coefficient (Wildman–Crippen LogP) is 3.23. The number of hydrogen-bond donors (Lipinski definition) is 2. The minimum absolute atomic E-state index is 0.163. The molecule has 0 unspecified atom stereocenters. The van der Waals surface area contributed by atoms with Crippen molar-refractivity contribution in [2.75, 3.05) is 5.32 Å². The van der Waals surface area contributed by atoms with Crippen LogP contribution in [0.2, 0.25) is 15.1 Å². The van der Waals surface area contributed by atoms with Crippen LogP contribution in [0, 0.1) is 0 Å². The molecular formula is C9H7Cl3N4O. The largest absolute Gasteiger partial charge is 0.406 e. The molecule has 0 radical (unpaired) electrons. The highest BCUT2D eigenvalue weighted by molar-refractivity contribution is 6.41. The van der Waals surface area contributed by atoms with Gasteiger partial charge in [0.1, 0.15) is 0 Å². The van der Waals surface area contributed by atoms with Crippen LogP contribution in [0.1, 0.15) is 5.89 Å². The van der Waals surface area contributed by atoms with Crippen LogP contribution in [-0.2, 0) is 6.54 Å². The monoisotopic (exact) mass is 292 g/mol. The van der Waals surface area contributed by atoms with Gasteiger partial charge in [-0.05, 0) is 12.1 Å². The van der Waals surface area contributed by atoms with Crippen LogP contribution in [0.3, 0.4) is 0 Å². The summed E-state index contributed by atoms with van der Waals surface area (Å²) in [4.78, 5) is 0. The molecule has 5 nitrogen and oxygen atoms in total. The van der Waals surface area contributed by atoms with Crippen LogP contribution in [-0.4, -0.2) is 10.2 Å². The van der Waals surface area contributed by atoms with Crippen molar-refractivity contribution in [3.8, 4) is 0 Å². The zero-order chi connectivity index (χ0) is 12.4. The fourth-order valence-corrected chi connectivity index (χ4v) is 2.07. The molecular weight excluding hydrogens is 286 g/mol. The van der Waals surface area contributed by atoms with Gasteiger partial charge < -0.3 is 15.5 Å². The molecule has 0 fully saturated rings. The van der Waals surface area contributed by atoms with Crippen LogP contribution in [0.15, 0.2) is 16.5 Å². The molecule has 90 valence electrons. The zero-order valence-electron chi connectivity index (χ0n) is 8.38. The third kappa shape index (κ3) is 2.81. The van der Waals surface area contributed by atoms with Gasteiger partial charge in [-0.25, -0.2) is 0 Å². The molecule has 2 aromatic rings. The van der Waals surface area contributed by atoms with Crippen molar-refractivity contribution in [1.82, 2.24) is 10.2 Å². The Labute approximate surface area is 112 Å². The Balaban J connectivity index is 2.29. The number of nitrogens with zero attached hydrogens (tertiary/aromatic N) is 2. The van der Waals surface area contributed by atoms with Crippen molar-refractivity contribution in [2.24, 2.45) is 5.73 Å². The maximum atomic E-state index is 5.98. The van der Waals surface area contributed by atoms with E-state index in [4.69, 9.17) is 45.0 Å². The Morgan fingerprint density at radius 2 is 1.82 bits per heavy atom. The average Bonchev–Trinajstić information content (AvgIpc) is 2.71. The highest BCUT2D eigenvalue weighted by atomic mass is 35.5. The van der Waals surface area contributed by atoms with Crippen LogP contribution >= 0.6 is 34.8 Å². The van der Waals surface area contributed by atoms with E-state index in [1.165, 1.54) is 0 Å². The van der Waals surface area contributed by atoms with Gasteiger partial charge in [-0.3, -0.25) is 0 Å². The van der Waals surface area contributed by atoms with Gasteiger partial charge in [0.05, 0.1) is 22.3 Å². The molecule has 0 amide bonds. The fraction of sp³-hybridized carbons (Fsp3) is 0.111. The molecule has 1 heterocycles. The molecule has 0 bridgehead atoms. The lowest BCUT2D eigenvalue weighted by Crippen LogP contribution is -1.95. The van der Waals surface area contributed by atoms with Crippen LogP contribution < -0.4 is 11.1 Å². The summed E-state index contributed by atoms with van der Waals surface area (Å²) < 4.78 is 5.17. The van der Waals surface area contributed by atoms with Crippen molar-refractivity contribution in [3.05, 3.63) is 33.1 Å². The molecule has 0 aliphatic heterocycles. The lowest BCUT2D eigenvalue weighted by molar-refractivity contribution is 0.511. The SMILES string of the molecule is NCc1nnc(Nc2c(Cl)cc(Cl)cc2Cl)o1.